The summed E-state index contributed by atoms with van der Waals surface area (Å²) >= 11 is 0. The zero-order valence-corrected chi connectivity index (χ0v) is 18.9. The van der Waals surface area contributed by atoms with Gasteiger partial charge in [-0.3, -0.25) is 4.79 Å². The van der Waals surface area contributed by atoms with Crippen molar-refractivity contribution < 1.29 is 34.7 Å². The van der Waals surface area contributed by atoms with Crippen molar-refractivity contribution in [3.8, 4) is 28.7 Å². The van der Waals surface area contributed by atoms with Crippen molar-refractivity contribution in [3.05, 3.63) is 41.5 Å². The molecule has 2 aromatic carbocycles. The Kier molecular flexibility index (Phi) is 8.79. The summed E-state index contributed by atoms with van der Waals surface area (Å²) in [5.74, 6) is 0.0585. The average Bonchev–Trinajstić information content (AvgIpc) is 2.81. The second kappa shape index (κ2) is 11.8. The van der Waals surface area contributed by atoms with E-state index in [9.17, 15) is 25.2 Å². The Morgan fingerprint density at radius 1 is 1.03 bits per heavy atom. The summed E-state index contributed by atoms with van der Waals surface area (Å²) in [6.07, 6.45) is 2.39. The molecule has 0 amide bonds. The summed E-state index contributed by atoms with van der Waals surface area (Å²) in [6, 6.07) is 8.10. The molecular formula is C25H33NO7. The van der Waals surface area contributed by atoms with Crippen LogP contribution in [0, 0.1) is 0 Å². The molecule has 0 aliphatic carbocycles. The number of nitrogens with one attached hydrogen (secondary N) is 1. The molecule has 5 N–H and O–H groups in total. The molecule has 0 aromatic heterocycles. The summed E-state index contributed by atoms with van der Waals surface area (Å²) in [5, 5.41) is 43.4. The molecule has 1 saturated heterocycles. The van der Waals surface area contributed by atoms with E-state index < -0.39 is 6.10 Å². The first-order valence-corrected chi connectivity index (χ1v) is 11.3. The van der Waals surface area contributed by atoms with E-state index in [4.69, 9.17) is 9.47 Å². The molecule has 3 rings (SSSR count). The number of carbonyl (C=O) groups excluding carboxylic acids is 1. The summed E-state index contributed by atoms with van der Waals surface area (Å²) < 4.78 is 11.0. The highest BCUT2D eigenvalue weighted by molar-refractivity contribution is 5.79. The zero-order valence-electron chi connectivity index (χ0n) is 18.9. The molecule has 33 heavy (non-hydrogen) atoms. The average molecular weight is 460 g/mol. The minimum atomic E-state index is -0.809. The lowest BCUT2D eigenvalue weighted by atomic mass is 9.99. The van der Waals surface area contributed by atoms with Crippen LogP contribution in [0.4, 0.5) is 0 Å². The van der Waals surface area contributed by atoms with E-state index in [0.29, 0.717) is 25.0 Å². The third kappa shape index (κ3) is 7.27. The molecule has 0 spiro atoms. The van der Waals surface area contributed by atoms with Crippen LogP contribution in [0.2, 0.25) is 0 Å². The zero-order chi connectivity index (χ0) is 23.8. The maximum absolute atomic E-state index is 12.3. The SMILES string of the molecule is COc1cc(CCC(=O)CC(O)CCc2cc(O)c(O)c(OC3CCNCC3)c2)ccc1O. The fourth-order valence-corrected chi connectivity index (χ4v) is 3.94. The van der Waals surface area contributed by atoms with Gasteiger partial charge in [-0.15, -0.1) is 0 Å². The van der Waals surface area contributed by atoms with E-state index in [1.54, 1.807) is 18.2 Å². The van der Waals surface area contributed by atoms with Gasteiger partial charge in [-0.05, 0) is 80.6 Å². The van der Waals surface area contributed by atoms with Gasteiger partial charge in [0, 0.05) is 12.8 Å². The fraction of sp³-hybridized carbons (Fsp3) is 0.480. The van der Waals surface area contributed by atoms with Gasteiger partial charge >= 0.3 is 0 Å². The Morgan fingerprint density at radius 2 is 1.76 bits per heavy atom. The predicted octanol–water partition coefficient (Wildman–Crippen LogP) is 2.83. The van der Waals surface area contributed by atoms with Crippen molar-refractivity contribution in [1.29, 1.82) is 0 Å². The fourth-order valence-electron chi connectivity index (χ4n) is 3.94. The highest BCUT2D eigenvalue weighted by Gasteiger charge is 2.19. The number of aliphatic hydroxyl groups is 1. The summed E-state index contributed by atoms with van der Waals surface area (Å²) in [7, 11) is 1.47. The molecule has 2 aromatic rings. The van der Waals surface area contributed by atoms with E-state index in [2.05, 4.69) is 5.32 Å². The number of phenols is 3. The van der Waals surface area contributed by atoms with Gasteiger partial charge in [0.25, 0.3) is 0 Å². The Balaban J connectivity index is 1.48. The minimum Gasteiger partial charge on any atom is -0.504 e. The van der Waals surface area contributed by atoms with Gasteiger partial charge in [-0.2, -0.15) is 0 Å². The number of Topliss-reactive ketones (excluding diaryl/α,β-unsaturated/α-hetero) is 1. The number of aryl methyl sites for hydroxylation is 2. The number of methoxy groups -OCH3 is 1. The predicted molar refractivity (Wildman–Crippen MR) is 123 cm³/mol. The summed E-state index contributed by atoms with van der Waals surface area (Å²) in [4.78, 5) is 12.3. The van der Waals surface area contributed by atoms with Crippen molar-refractivity contribution in [2.75, 3.05) is 20.2 Å². The number of rotatable bonds is 11. The van der Waals surface area contributed by atoms with Gasteiger partial charge in [-0.25, -0.2) is 0 Å². The van der Waals surface area contributed by atoms with Gasteiger partial charge in [-0.1, -0.05) is 6.07 Å². The van der Waals surface area contributed by atoms with Crippen LogP contribution in [-0.4, -0.2) is 58.6 Å². The lowest BCUT2D eigenvalue weighted by Crippen LogP contribution is -2.34. The molecule has 1 heterocycles. The van der Waals surface area contributed by atoms with Gasteiger partial charge in [0.1, 0.15) is 11.9 Å². The maximum atomic E-state index is 12.3. The normalized spacial score (nSPS) is 15.2. The minimum absolute atomic E-state index is 0.0245. The van der Waals surface area contributed by atoms with Crippen molar-refractivity contribution >= 4 is 5.78 Å². The van der Waals surface area contributed by atoms with Crippen LogP contribution in [0.25, 0.3) is 0 Å². The van der Waals surface area contributed by atoms with Gasteiger partial charge in [0.05, 0.1) is 13.2 Å². The van der Waals surface area contributed by atoms with Crippen molar-refractivity contribution in [2.45, 2.75) is 57.2 Å². The van der Waals surface area contributed by atoms with Crippen molar-refractivity contribution in [1.82, 2.24) is 5.32 Å². The molecule has 1 aliphatic rings. The molecule has 0 radical (unpaired) electrons. The summed E-state index contributed by atoms with van der Waals surface area (Å²) in [5.41, 5.74) is 1.59. The lowest BCUT2D eigenvalue weighted by Gasteiger charge is -2.24. The third-order valence-corrected chi connectivity index (χ3v) is 5.86. The van der Waals surface area contributed by atoms with Crippen LogP contribution in [0.3, 0.4) is 0 Å². The van der Waals surface area contributed by atoms with E-state index in [1.807, 2.05) is 0 Å². The first-order chi connectivity index (χ1) is 15.9. The smallest absolute Gasteiger partial charge is 0.200 e. The molecule has 8 nitrogen and oxygen atoms in total. The van der Waals surface area contributed by atoms with Crippen LogP contribution < -0.4 is 14.8 Å². The van der Waals surface area contributed by atoms with E-state index in [0.717, 1.165) is 37.1 Å². The summed E-state index contributed by atoms with van der Waals surface area (Å²) in [6.45, 7) is 1.69. The number of hydrogen-bond acceptors (Lipinski definition) is 8. The van der Waals surface area contributed by atoms with Crippen LogP contribution in [0.5, 0.6) is 28.7 Å². The molecule has 1 unspecified atom stereocenters. The molecule has 8 heteroatoms. The maximum Gasteiger partial charge on any atom is 0.200 e. The van der Waals surface area contributed by atoms with Crippen LogP contribution in [0.15, 0.2) is 30.3 Å². The molecule has 180 valence electrons. The Morgan fingerprint density at radius 3 is 2.48 bits per heavy atom. The van der Waals surface area contributed by atoms with Gasteiger partial charge in [0.2, 0.25) is 5.75 Å². The molecule has 1 atom stereocenters. The Bertz CT molecular complexity index is 941. The molecular weight excluding hydrogens is 426 g/mol. The topological polar surface area (TPSA) is 128 Å². The standard InChI is InChI=1S/C25H33NO7/c1-32-23-13-16(4-7-21(23)29)2-5-18(27)15-19(28)6-3-17-12-22(30)25(31)24(14-17)33-20-8-10-26-11-9-20/h4,7,12-14,19-20,26,28-31H,2-3,5-6,8-11,15H2,1H3. The van der Waals surface area contributed by atoms with Gasteiger partial charge in [0.15, 0.2) is 23.0 Å². The van der Waals surface area contributed by atoms with Crippen molar-refractivity contribution in [3.63, 3.8) is 0 Å². The molecule has 1 aliphatic heterocycles. The number of phenolic OH excluding ortho intramolecular Hbond substituents is 3. The second-order valence-electron chi connectivity index (χ2n) is 8.47. The number of hydrogen-bond donors (Lipinski definition) is 5. The number of aromatic hydroxyl groups is 3. The highest BCUT2D eigenvalue weighted by Crippen LogP contribution is 2.38. The molecule has 0 saturated carbocycles. The van der Waals surface area contributed by atoms with Crippen LogP contribution in [-0.2, 0) is 17.6 Å². The van der Waals surface area contributed by atoms with Gasteiger partial charge < -0.3 is 35.2 Å². The molecule has 0 bridgehead atoms. The first-order valence-electron chi connectivity index (χ1n) is 11.3. The number of ketones is 1. The number of carbonyl (C=O) groups is 1. The second-order valence-corrected chi connectivity index (χ2v) is 8.47. The largest absolute Gasteiger partial charge is 0.504 e. The van der Waals surface area contributed by atoms with Crippen LogP contribution in [0.1, 0.15) is 43.2 Å². The van der Waals surface area contributed by atoms with E-state index in [-0.39, 0.29) is 47.7 Å². The van der Waals surface area contributed by atoms with Crippen LogP contribution >= 0.6 is 0 Å². The monoisotopic (exact) mass is 459 g/mol. The van der Waals surface area contributed by atoms with Crippen molar-refractivity contribution in [2.24, 2.45) is 0 Å². The number of piperidine rings is 1. The first kappa shape index (κ1) is 24.7. The highest BCUT2D eigenvalue weighted by atomic mass is 16.5. The molecule has 1 fully saturated rings. The third-order valence-electron chi connectivity index (χ3n) is 5.86. The van der Waals surface area contributed by atoms with E-state index >= 15 is 0 Å². The Hall–Kier alpha value is -2.97. The quantitative estimate of drug-likeness (QED) is 0.325. The number of aliphatic hydroxyl groups excluding tert-OH is 1. The van der Waals surface area contributed by atoms with E-state index in [1.165, 1.54) is 19.2 Å². The lowest BCUT2D eigenvalue weighted by molar-refractivity contribution is -0.121. The Labute approximate surface area is 193 Å². The number of benzene rings is 2. The number of ether oxygens (including phenoxy) is 2.